The largest absolute Gasteiger partial charge is 0.506 e. The van der Waals surface area contributed by atoms with E-state index in [-0.39, 0.29) is 22.7 Å². The van der Waals surface area contributed by atoms with Crippen molar-refractivity contribution in [2.45, 2.75) is 13.8 Å². The van der Waals surface area contributed by atoms with Gasteiger partial charge in [-0.05, 0) is 67.4 Å². The van der Waals surface area contributed by atoms with Crippen molar-refractivity contribution in [3.8, 4) is 11.5 Å². The van der Waals surface area contributed by atoms with Gasteiger partial charge in [0.05, 0.1) is 0 Å². The summed E-state index contributed by atoms with van der Waals surface area (Å²) in [5, 5.41) is 22.8. The van der Waals surface area contributed by atoms with Crippen LogP contribution in [0.4, 0.5) is 22.7 Å². The van der Waals surface area contributed by atoms with Crippen LogP contribution in [0.25, 0.3) is 0 Å². The number of nitrogens with one attached hydrogen (secondary N) is 1. The van der Waals surface area contributed by atoms with Crippen LogP contribution in [0.15, 0.2) is 59.6 Å². The van der Waals surface area contributed by atoms with Crippen LogP contribution in [0.5, 0.6) is 11.5 Å². The van der Waals surface area contributed by atoms with Crippen LogP contribution in [0, 0.1) is 13.8 Å². The first-order valence-electron chi connectivity index (χ1n) is 9.66. The quantitative estimate of drug-likeness (QED) is 0.275. The van der Waals surface area contributed by atoms with E-state index in [0.29, 0.717) is 0 Å². The molecule has 0 amide bonds. The molecule has 7 nitrogen and oxygen atoms in total. The van der Waals surface area contributed by atoms with Gasteiger partial charge in [-0.25, -0.2) is 9.79 Å². The van der Waals surface area contributed by atoms with Crippen molar-refractivity contribution in [1.29, 1.82) is 0 Å². The fourth-order valence-corrected chi connectivity index (χ4v) is 3.13. The summed E-state index contributed by atoms with van der Waals surface area (Å²) in [6.45, 7) is 4.07. The molecule has 0 bridgehead atoms. The molecule has 3 N–H and O–H groups in total. The SMILES string of the molecule is Cc1cc(N(C)C)cc(C)c1Nc1ccc(O)c(N=COc2ccccc2C(=O)O)c1. The number of aliphatic imine (C=N–C) groups is 1. The third-order valence-electron chi connectivity index (χ3n) is 4.77. The monoisotopic (exact) mass is 419 g/mol. The van der Waals surface area contributed by atoms with E-state index in [2.05, 4.69) is 27.3 Å². The van der Waals surface area contributed by atoms with Gasteiger partial charge < -0.3 is 25.2 Å². The number of carboxylic acid groups (broad SMARTS) is 1. The van der Waals surface area contributed by atoms with E-state index in [1.54, 1.807) is 30.3 Å². The minimum absolute atomic E-state index is 0.0201. The number of benzene rings is 3. The summed E-state index contributed by atoms with van der Waals surface area (Å²) >= 11 is 0. The maximum Gasteiger partial charge on any atom is 0.339 e. The lowest BCUT2D eigenvalue weighted by molar-refractivity contribution is 0.0694. The second kappa shape index (κ2) is 9.21. The van der Waals surface area contributed by atoms with E-state index in [9.17, 15) is 15.0 Å². The summed E-state index contributed by atoms with van der Waals surface area (Å²) in [5.74, 6) is -0.947. The molecule has 160 valence electrons. The third kappa shape index (κ3) is 5.14. The Bertz CT molecular complexity index is 1120. The first-order chi connectivity index (χ1) is 14.8. The minimum Gasteiger partial charge on any atom is -0.506 e. The molecule has 0 aromatic heterocycles. The maximum absolute atomic E-state index is 11.3. The molecule has 0 atom stereocenters. The Balaban J connectivity index is 1.82. The average molecular weight is 419 g/mol. The number of phenolic OH excluding ortho intramolecular Hbond substituents is 1. The zero-order chi connectivity index (χ0) is 22.5. The molecule has 0 saturated carbocycles. The Morgan fingerprint density at radius 1 is 1.06 bits per heavy atom. The molecule has 31 heavy (non-hydrogen) atoms. The van der Waals surface area contributed by atoms with Gasteiger partial charge in [0.1, 0.15) is 22.7 Å². The second-order valence-corrected chi connectivity index (χ2v) is 7.33. The number of carbonyl (C=O) groups is 1. The van der Waals surface area contributed by atoms with Crippen LogP contribution in [-0.4, -0.2) is 36.7 Å². The summed E-state index contributed by atoms with van der Waals surface area (Å²) in [6.07, 6.45) is 1.11. The van der Waals surface area contributed by atoms with Crippen molar-refractivity contribution in [3.05, 3.63) is 71.3 Å². The first kappa shape index (κ1) is 21.7. The molecule has 3 rings (SSSR count). The van der Waals surface area contributed by atoms with Crippen LogP contribution in [-0.2, 0) is 0 Å². The number of phenols is 1. The number of carboxylic acids is 1. The molecule has 0 spiro atoms. The number of aryl methyl sites for hydroxylation is 2. The van der Waals surface area contributed by atoms with Crippen molar-refractivity contribution in [1.82, 2.24) is 0 Å². The lowest BCUT2D eigenvalue weighted by atomic mass is 10.1. The van der Waals surface area contributed by atoms with Gasteiger partial charge in [0, 0.05) is 31.2 Å². The number of aromatic hydroxyl groups is 1. The Labute approximate surface area is 181 Å². The van der Waals surface area contributed by atoms with Crippen molar-refractivity contribution >= 4 is 35.1 Å². The predicted octanol–water partition coefficient (Wildman–Crippen LogP) is 5.26. The first-order valence-corrected chi connectivity index (χ1v) is 9.66. The molecule has 0 fully saturated rings. The van der Waals surface area contributed by atoms with Gasteiger partial charge in [0.15, 0.2) is 6.40 Å². The predicted molar refractivity (Wildman–Crippen MR) is 124 cm³/mol. The normalized spacial score (nSPS) is 10.8. The molecule has 7 heteroatoms. The molecule has 0 heterocycles. The van der Waals surface area contributed by atoms with E-state index in [0.717, 1.165) is 34.6 Å². The van der Waals surface area contributed by atoms with Gasteiger partial charge in [-0.15, -0.1) is 0 Å². The van der Waals surface area contributed by atoms with E-state index in [1.807, 2.05) is 27.9 Å². The summed E-state index contributed by atoms with van der Waals surface area (Å²) in [4.78, 5) is 17.5. The van der Waals surface area contributed by atoms with Gasteiger partial charge >= 0.3 is 5.97 Å². The highest BCUT2D eigenvalue weighted by molar-refractivity contribution is 5.91. The molecule has 3 aromatic rings. The Kier molecular flexibility index (Phi) is 6.45. The van der Waals surface area contributed by atoms with Crippen LogP contribution < -0.4 is 15.0 Å². The minimum atomic E-state index is -1.09. The molecule has 0 unspecified atom stereocenters. The number of anilines is 3. The number of hydrogen-bond acceptors (Lipinski definition) is 6. The average Bonchev–Trinajstić information content (AvgIpc) is 2.72. The topological polar surface area (TPSA) is 94.4 Å². The molecule has 0 aliphatic rings. The van der Waals surface area contributed by atoms with E-state index >= 15 is 0 Å². The second-order valence-electron chi connectivity index (χ2n) is 7.33. The third-order valence-corrected chi connectivity index (χ3v) is 4.77. The summed E-state index contributed by atoms with van der Waals surface area (Å²) in [5.41, 5.74) is 5.36. The van der Waals surface area contributed by atoms with Crippen molar-refractivity contribution < 1.29 is 19.7 Å². The fraction of sp³-hybridized carbons (Fsp3) is 0.167. The van der Waals surface area contributed by atoms with Crippen LogP contribution >= 0.6 is 0 Å². The Hall–Kier alpha value is -4.00. The van der Waals surface area contributed by atoms with Crippen LogP contribution in [0.2, 0.25) is 0 Å². The van der Waals surface area contributed by atoms with E-state index in [1.165, 1.54) is 12.1 Å². The van der Waals surface area contributed by atoms with E-state index in [4.69, 9.17) is 4.74 Å². The van der Waals surface area contributed by atoms with Gasteiger partial charge in [-0.2, -0.15) is 0 Å². The molecule has 0 saturated heterocycles. The fourth-order valence-electron chi connectivity index (χ4n) is 3.13. The number of aromatic carboxylic acids is 1. The van der Waals surface area contributed by atoms with Gasteiger partial charge in [0.2, 0.25) is 0 Å². The standard InChI is InChI=1S/C24H25N3O4/c1-15-11-18(27(3)4)12-16(2)23(15)26-17-9-10-21(28)20(13-17)25-14-31-22-8-6-5-7-19(22)24(29)30/h5-14,26,28H,1-4H3,(H,29,30). The lowest BCUT2D eigenvalue weighted by Gasteiger charge is -2.19. The lowest BCUT2D eigenvalue weighted by Crippen LogP contribution is -2.09. The number of para-hydroxylation sites is 1. The number of rotatable bonds is 7. The van der Waals surface area contributed by atoms with Gasteiger partial charge in [-0.3, -0.25) is 0 Å². The molecular formula is C24H25N3O4. The zero-order valence-electron chi connectivity index (χ0n) is 17.9. The highest BCUT2D eigenvalue weighted by Crippen LogP contribution is 2.33. The Morgan fingerprint density at radius 2 is 1.74 bits per heavy atom. The van der Waals surface area contributed by atoms with Crippen LogP contribution in [0.3, 0.4) is 0 Å². The zero-order valence-corrected chi connectivity index (χ0v) is 17.9. The molecule has 0 aliphatic heterocycles. The highest BCUT2D eigenvalue weighted by atomic mass is 16.5. The van der Waals surface area contributed by atoms with Gasteiger partial charge in [0.25, 0.3) is 0 Å². The summed E-state index contributed by atoms with van der Waals surface area (Å²) in [7, 11) is 4.00. The number of ether oxygens (including phenoxy) is 1. The number of nitrogens with zero attached hydrogens (tertiary/aromatic N) is 2. The van der Waals surface area contributed by atoms with Crippen molar-refractivity contribution in [3.63, 3.8) is 0 Å². The van der Waals surface area contributed by atoms with Crippen molar-refractivity contribution in [2.75, 3.05) is 24.3 Å². The molecule has 3 aromatic carbocycles. The molecule has 0 radical (unpaired) electrons. The van der Waals surface area contributed by atoms with Crippen molar-refractivity contribution in [2.24, 2.45) is 4.99 Å². The molecule has 0 aliphatic carbocycles. The summed E-state index contributed by atoms with van der Waals surface area (Å²) in [6, 6.07) is 15.5. The smallest absolute Gasteiger partial charge is 0.339 e. The summed E-state index contributed by atoms with van der Waals surface area (Å²) < 4.78 is 5.38. The van der Waals surface area contributed by atoms with Gasteiger partial charge in [-0.1, -0.05) is 12.1 Å². The van der Waals surface area contributed by atoms with E-state index < -0.39 is 5.97 Å². The maximum atomic E-state index is 11.3. The Morgan fingerprint density at radius 3 is 2.39 bits per heavy atom. The molecular weight excluding hydrogens is 394 g/mol. The van der Waals surface area contributed by atoms with Crippen LogP contribution in [0.1, 0.15) is 21.5 Å². The number of hydrogen-bond donors (Lipinski definition) is 3. The highest BCUT2D eigenvalue weighted by Gasteiger charge is 2.10.